The van der Waals surface area contributed by atoms with E-state index in [1.807, 2.05) is 0 Å². The Morgan fingerprint density at radius 1 is 1.40 bits per heavy atom. The molecule has 100 valence electrons. The number of carbonyl (C=O) groups excluding carboxylic acids is 1. The van der Waals surface area contributed by atoms with Crippen LogP contribution in [0.15, 0.2) is 31.1 Å². The zero-order valence-electron chi connectivity index (χ0n) is 10.4. The summed E-state index contributed by atoms with van der Waals surface area (Å²) >= 11 is 1.05. The highest BCUT2D eigenvalue weighted by molar-refractivity contribution is 7.08. The second-order valence-corrected chi connectivity index (χ2v) is 4.63. The van der Waals surface area contributed by atoms with Gasteiger partial charge in [-0.15, -0.1) is 5.10 Å². The predicted molar refractivity (Wildman–Crippen MR) is 71.8 cm³/mol. The van der Waals surface area contributed by atoms with E-state index in [1.165, 1.54) is 6.33 Å². The van der Waals surface area contributed by atoms with Crippen LogP contribution in [-0.4, -0.2) is 35.0 Å². The molecule has 3 rings (SSSR count). The first kappa shape index (κ1) is 12.4. The third-order valence-electron chi connectivity index (χ3n) is 2.52. The molecule has 0 aliphatic heterocycles. The van der Waals surface area contributed by atoms with Crippen molar-refractivity contribution in [3.8, 4) is 5.82 Å². The van der Waals surface area contributed by atoms with Gasteiger partial charge in [-0.1, -0.05) is 4.49 Å². The Kier molecular flexibility index (Phi) is 3.17. The van der Waals surface area contributed by atoms with Crippen LogP contribution in [0.2, 0.25) is 0 Å². The van der Waals surface area contributed by atoms with E-state index in [1.54, 1.807) is 36.3 Å². The van der Waals surface area contributed by atoms with Crippen LogP contribution in [-0.2, 0) is 0 Å². The van der Waals surface area contributed by atoms with Crippen molar-refractivity contribution in [1.82, 2.24) is 29.1 Å². The number of carbonyl (C=O) groups is 1. The van der Waals surface area contributed by atoms with Crippen molar-refractivity contribution in [2.75, 3.05) is 5.32 Å². The number of aromatic nitrogens is 6. The predicted octanol–water partition coefficient (Wildman–Crippen LogP) is 1.07. The fourth-order valence-electron chi connectivity index (χ4n) is 1.56. The van der Waals surface area contributed by atoms with Gasteiger partial charge in [-0.05, 0) is 18.5 Å². The molecule has 0 aromatic carbocycles. The topological polar surface area (TPSA) is 98.5 Å². The van der Waals surface area contributed by atoms with E-state index in [0.717, 1.165) is 11.5 Å². The van der Waals surface area contributed by atoms with Crippen LogP contribution >= 0.6 is 11.5 Å². The quantitative estimate of drug-likeness (QED) is 0.773. The molecule has 1 amide bonds. The standard InChI is InChI=1S/C11H9N7OS/c1-7-10(20-17-16-7)11(19)15-8-4-9(14-5-13-8)18-3-2-12-6-18/h2-6H,1H3,(H,13,14,15,19). The second-order valence-electron chi connectivity index (χ2n) is 3.87. The van der Waals surface area contributed by atoms with E-state index in [0.29, 0.717) is 22.2 Å². The van der Waals surface area contributed by atoms with Crippen LogP contribution < -0.4 is 5.32 Å². The smallest absolute Gasteiger partial charge is 0.270 e. The maximum absolute atomic E-state index is 12.0. The molecule has 3 aromatic rings. The summed E-state index contributed by atoms with van der Waals surface area (Å²) in [7, 11) is 0. The molecule has 0 radical (unpaired) electrons. The van der Waals surface area contributed by atoms with E-state index in [4.69, 9.17) is 0 Å². The first-order chi connectivity index (χ1) is 9.74. The van der Waals surface area contributed by atoms with Gasteiger partial charge in [-0.25, -0.2) is 15.0 Å². The van der Waals surface area contributed by atoms with Gasteiger partial charge >= 0.3 is 0 Å². The minimum Gasteiger partial charge on any atom is -0.306 e. The summed E-state index contributed by atoms with van der Waals surface area (Å²) in [6.07, 6.45) is 6.39. The van der Waals surface area contributed by atoms with Crippen LogP contribution in [0, 0.1) is 6.92 Å². The Morgan fingerprint density at radius 2 is 2.30 bits per heavy atom. The molecular formula is C11H9N7OS. The Bertz CT molecular complexity index is 737. The lowest BCUT2D eigenvalue weighted by molar-refractivity contribution is 0.102. The van der Waals surface area contributed by atoms with Crippen molar-refractivity contribution in [3.63, 3.8) is 0 Å². The molecule has 0 fully saturated rings. The maximum atomic E-state index is 12.0. The van der Waals surface area contributed by atoms with E-state index < -0.39 is 0 Å². The van der Waals surface area contributed by atoms with Crippen molar-refractivity contribution in [2.24, 2.45) is 0 Å². The number of hydrogen-bond acceptors (Lipinski definition) is 7. The Morgan fingerprint density at radius 3 is 3.00 bits per heavy atom. The van der Waals surface area contributed by atoms with Crippen molar-refractivity contribution < 1.29 is 4.79 Å². The molecule has 20 heavy (non-hydrogen) atoms. The van der Waals surface area contributed by atoms with Gasteiger partial charge in [-0.3, -0.25) is 9.36 Å². The zero-order valence-corrected chi connectivity index (χ0v) is 11.2. The average molecular weight is 287 g/mol. The molecule has 9 heteroatoms. The summed E-state index contributed by atoms with van der Waals surface area (Å²) in [5.74, 6) is 0.737. The summed E-state index contributed by atoms with van der Waals surface area (Å²) in [6.45, 7) is 1.73. The van der Waals surface area contributed by atoms with Crippen molar-refractivity contribution in [2.45, 2.75) is 6.92 Å². The van der Waals surface area contributed by atoms with Crippen molar-refractivity contribution in [3.05, 3.63) is 41.7 Å². The van der Waals surface area contributed by atoms with Gasteiger partial charge in [-0.2, -0.15) is 0 Å². The molecule has 3 heterocycles. The third kappa shape index (κ3) is 2.38. The first-order valence-electron chi connectivity index (χ1n) is 5.65. The Labute approximate surface area is 117 Å². The lowest BCUT2D eigenvalue weighted by Crippen LogP contribution is -2.13. The highest BCUT2D eigenvalue weighted by Gasteiger charge is 2.14. The van der Waals surface area contributed by atoms with Gasteiger partial charge in [0.2, 0.25) is 0 Å². The summed E-state index contributed by atoms with van der Waals surface area (Å²) in [4.78, 5) is 24.6. The van der Waals surface area contributed by atoms with Crippen LogP contribution in [0.5, 0.6) is 0 Å². The lowest BCUT2D eigenvalue weighted by Gasteiger charge is -2.05. The SMILES string of the molecule is Cc1nnsc1C(=O)Nc1cc(-n2ccnc2)ncn1. The minimum absolute atomic E-state index is 0.284. The number of aryl methyl sites for hydroxylation is 1. The Hall–Kier alpha value is -2.68. The molecule has 0 saturated carbocycles. The summed E-state index contributed by atoms with van der Waals surface area (Å²) in [6, 6.07) is 1.66. The third-order valence-corrected chi connectivity index (χ3v) is 3.35. The largest absolute Gasteiger partial charge is 0.306 e. The zero-order chi connectivity index (χ0) is 13.9. The van der Waals surface area contributed by atoms with Gasteiger partial charge in [0.15, 0.2) is 0 Å². The molecule has 0 aliphatic rings. The van der Waals surface area contributed by atoms with Gasteiger partial charge in [0, 0.05) is 18.5 Å². The molecule has 0 saturated heterocycles. The molecular weight excluding hydrogens is 278 g/mol. The number of imidazole rings is 1. The van der Waals surface area contributed by atoms with E-state index in [9.17, 15) is 4.79 Å². The molecule has 0 aliphatic carbocycles. The highest BCUT2D eigenvalue weighted by Crippen LogP contribution is 2.13. The molecule has 3 aromatic heterocycles. The number of rotatable bonds is 3. The number of amides is 1. The number of nitrogens with one attached hydrogen (secondary N) is 1. The van der Waals surface area contributed by atoms with Crippen LogP contribution in [0.3, 0.4) is 0 Å². The number of anilines is 1. The lowest BCUT2D eigenvalue weighted by atomic mass is 10.4. The van der Waals surface area contributed by atoms with E-state index in [2.05, 4.69) is 29.9 Å². The monoisotopic (exact) mass is 287 g/mol. The van der Waals surface area contributed by atoms with Gasteiger partial charge in [0.25, 0.3) is 5.91 Å². The van der Waals surface area contributed by atoms with E-state index >= 15 is 0 Å². The maximum Gasteiger partial charge on any atom is 0.270 e. The van der Waals surface area contributed by atoms with Crippen molar-refractivity contribution in [1.29, 1.82) is 0 Å². The second kappa shape index (κ2) is 5.13. The molecule has 1 N–H and O–H groups in total. The van der Waals surface area contributed by atoms with Crippen LogP contribution in [0.4, 0.5) is 5.82 Å². The van der Waals surface area contributed by atoms with Gasteiger partial charge in [0.1, 0.15) is 29.2 Å². The molecule has 0 atom stereocenters. The summed E-state index contributed by atoms with van der Waals surface area (Å²) in [5, 5.41) is 6.49. The molecule has 0 spiro atoms. The van der Waals surface area contributed by atoms with Crippen molar-refractivity contribution >= 4 is 23.3 Å². The average Bonchev–Trinajstić information content (AvgIpc) is 3.09. The fraction of sp³-hybridized carbons (Fsp3) is 0.0909. The van der Waals surface area contributed by atoms with Gasteiger partial charge in [0.05, 0.1) is 5.69 Å². The van der Waals surface area contributed by atoms with Gasteiger partial charge < -0.3 is 5.32 Å². The summed E-state index contributed by atoms with van der Waals surface area (Å²) in [5.41, 5.74) is 0.594. The Balaban J connectivity index is 1.83. The van der Waals surface area contributed by atoms with E-state index in [-0.39, 0.29) is 5.91 Å². The van der Waals surface area contributed by atoms with Crippen LogP contribution in [0.1, 0.15) is 15.4 Å². The minimum atomic E-state index is -0.284. The number of hydrogen-bond donors (Lipinski definition) is 1. The fourth-order valence-corrected chi connectivity index (χ4v) is 2.12. The molecule has 0 bridgehead atoms. The molecule has 8 nitrogen and oxygen atoms in total. The number of nitrogens with zero attached hydrogens (tertiary/aromatic N) is 6. The normalized spacial score (nSPS) is 10.4. The van der Waals surface area contributed by atoms with Crippen LogP contribution in [0.25, 0.3) is 5.82 Å². The first-order valence-corrected chi connectivity index (χ1v) is 6.42. The highest BCUT2D eigenvalue weighted by atomic mass is 32.1. The summed E-state index contributed by atoms with van der Waals surface area (Å²) < 4.78 is 5.45. The molecule has 0 unspecified atom stereocenters.